The Balaban J connectivity index is 2.35. The molecule has 0 aliphatic rings. The number of aromatic nitrogens is 1. The molecule has 0 aromatic carbocycles. The maximum Gasteiger partial charge on any atom is 0.393 e. The fourth-order valence-corrected chi connectivity index (χ4v) is 1.24. The van der Waals surface area contributed by atoms with E-state index in [9.17, 15) is 0 Å². The topological polar surface area (TPSA) is 47.3 Å². The summed E-state index contributed by atoms with van der Waals surface area (Å²) in [6.45, 7) is 14.2. The van der Waals surface area contributed by atoms with Gasteiger partial charge in [0.25, 0.3) is 0 Å². The molecular formula is C14H26N2O2. The average molecular weight is 254 g/mol. The number of hydrogen-bond donors (Lipinski definition) is 1. The van der Waals surface area contributed by atoms with Crippen molar-refractivity contribution >= 4 is 0 Å². The molecule has 0 unspecified atom stereocenters. The molecule has 1 rings (SSSR count). The van der Waals surface area contributed by atoms with Gasteiger partial charge >= 0.3 is 6.08 Å². The Morgan fingerprint density at radius 2 is 1.89 bits per heavy atom. The van der Waals surface area contributed by atoms with Gasteiger partial charge in [-0.2, -0.15) is 4.98 Å². The predicted octanol–water partition coefficient (Wildman–Crippen LogP) is 3.38. The molecule has 1 N–H and O–H groups in total. The van der Waals surface area contributed by atoms with Crippen molar-refractivity contribution < 1.29 is 9.15 Å². The van der Waals surface area contributed by atoms with Gasteiger partial charge in [0.1, 0.15) is 6.26 Å². The van der Waals surface area contributed by atoms with Crippen LogP contribution in [0.25, 0.3) is 0 Å². The van der Waals surface area contributed by atoms with Gasteiger partial charge in [-0.3, -0.25) is 0 Å². The van der Waals surface area contributed by atoms with Gasteiger partial charge in [-0.15, -0.1) is 0 Å². The molecule has 104 valence electrons. The van der Waals surface area contributed by atoms with Crippen molar-refractivity contribution in [1.82, 2.24) is 10.3 Å². The molecule has 18 heavy (non-hydrogen) atoms. The molecule has 0 bridgehead atoms. The first-order chi connectivity index (χ1) is 8.16. The molecule has 0 aliphatic carbocycles. The molecule has 4 heteroatoms. The van der Waals surface area contributed by atoms with Gasteiger partial charge in [0, 0.05) is 12.1 Å². The summed E-state index contributed by atoms with van der Waals surface area (Å²) < 4.78 is 10.8. The third-order valence-corrected chi connectivity index (χ3v) is 2.41. The monoisotopic (exact) mass is 254 g/mol. The molecule has 0 spiro atoms. The molecular weight excluding hydrogens is 228 g/mol. The first kappa shape index (κ1) is 15.0. The van der Waals surface area contributed by atoms with Gasteiger partial charge in [0.05, 0.1) is 12.3 Å². The van der Waals surface area contributed by atoms with Crippen LogP contribution in [0.4, 0.5) is 0 Å². The van der Waals surface area contributed by atoms with E-state index in [2.05, 4.69) is 51.8 Å². The van der Waals surface area contributed by atoms with Crippen molar-refractivity contribution in [2.75, 3.05) is 6.61 Å². The lowest BCUT2D eigenvalue weighted by atomic mass is 9.93. The summed E-state index contributed by atoms with van der Waals surface area (Å²) >= 11 is 0. The highest BCUT2D eigenvalue weighted by Gasteiger charge is 2.13. The lowest BCUT2D eigenvalue weighted by Crippen LogP contribution is -2.35. The second kappa shape index (κ2) is 5.74. The second-order valence-electron chi connectivity index (χ2n) is 6.87. The third kappa shape index (κ3) is 6.64. The minimum atomic E-state index is 0.0756. The van der Waals surface area contributed by atoms with Gasteiger partial charge in [-0.25, -0.2) is 0 Å². The van der Waals surface area contributed by atoms with E-state index in [0.717, 1.165) is 12.1 Å². The van der Waals surface area contributed by atoms with E-state index >= 15 is 0 Å². The van der Waals surface area contributed by atoms with Gasteiger partial charge in [-0.05, 0) is 32.6 Å². The predicted molar refractivity (Wildman–Crippen MR) is 72.7 cm³/mol. The fraction of sp³-hybridized carbons (Fsp3) is 0.786. The number of rotatable bonds is 5. The standard InChI is InChI=1S/C14H26N2O2/c1-13(2,3)7-8-17-12-16-11(10-18-12)9-15-14(4,5)6/h10,15H,7-9H2,1-6H3. The summed E-state index contributed by atoms with van der Waals surface area (Å²) in [5.41, 5.74) is 1.21. The highest BCUT2D eigenvalue weighted by Crippen LogP contribution is 2.19. The molecule has 0 aliphatic heterocycles. The van der Waals surface area contributed by atoms with E-state index in [1.165, 1.54) is 0 Å². The van der Waals surface area contributed by atoms with Crippen molar-refractivity contribution in [3.05, 3.63) is 12.0 Å². The Labute approximate surface area is 110 Å². The molecule has 0 radical (unpaired) electrons. The van der Waals surface area contributed by atoms with Gasteiger partial charge in [0.15, 0.2) is 0 Å². The third-order valence-electron chi connectivity index (χ3n) is 2.41. The van der Waals surface area contributed by atoms with Crippen LogP contribution in [-0.4, -0.2) is 17.1 Å². The maximum atomic E-state index is 5.49. The van der Waals surface area contributed by atoms with Crippen molar-refractivity contribution in [1.29, 1.82) is 0 Å². The molecule has 4 nitrogen and oxygen atoms in total. The summed E-state index contributed by atoms with van der Waals surface area (Å²) in [5.74, 6) is 0. The lowest BCUT2D eigenvalue weighted by molar-refractivity contribution is 0.191. The van der Waals surface area contributed by atoms with Gasteiger partial charge in [0.2, 0.25) is 0 Å². The van der Waals surface area contributed by atoms with E-state index in [0.29, 0.717) is 19.2 Å². The van der Waals surface area contributed by atoms with Crippen LogP contribution in [0.1, 0.15) is 53.7 Å². The Bertz CT molecular complexity index is 359. The zero-order valence-electron chi connectivity index (χ0n) is 12.5. The Kier molecular flexibility index (Phi) is 4.79. The summed E-state index contributed by atoms with van der Waals surface area (Å²) in [4.78, 5) is 4.28. The summed E-state index contributed by atoms with van der Waals surface area (Å²) in [6, 6.07) is 0. The van der Waals surface area contributed by atoms with Crippen LogP contribution in [0.3, 0.4) is 0 Å². The normalized spacial score (nSPS) is 12.8. The maximum absolute atomic E-state index is 5.49. The number of ether oxygens (including phenoxy) is 1. The molecule has 0 saturated heterocycles. The zero-order chi connectivity index (χ0) is 13.8. The minimum absolute atomic E-state index is 0.0756. The second-order valence-corrected chi connectivity index (χ2v) is 6.87. The van der Waals surface area contributed by atoms with Crippen molar-refractivity contribution in [2.45, 2.75) is 60.0 Å². The molecule has 1 heterocycles. The highest BCUT2D eigenvalue weighted by molar-refractivity contribution is 5.00. The lowest BCUT2D eigenvalue weighted by Gasteiger charge is -2.19. The SMILES string of the molecule is CC(C)(C)CCOc1nc(CNC(C)(C)C)co1. The van der Waals surface area contributed by atoms with Crippen LogP contribution in [0, 0.1) is 5.41 Å². The van der Waals surface area contributed by atoms with Crippen LogP contribution in [-0.2, 0) is 6.54 Å². The first-order valence-electron chi connectivity index (χ1n) is 6.48. The van der Waals surface area contributed by atoms with E-state index in [-0.39, 0.29) is 11.0 Å². The highest BCUT2D eigenvalue weighted by atomic mass is 16.6. The van der Waals surface area contributed by atoms with Crippen molar-refractivity contribution in [3.63, 3.8) is 0 Å². The number of nitrogens with zero attached hydrogens (tertiary/aromatic N) is 1. The van der Waals surface area contributed by atoms with Crippen LogP contribution in [0.5, 0.6) is 6.08 Å². The quantitative estimate of drug-likeness (QED) is 0.875. The molecule has 0 atom stereocenters. The van der Waals surface area contributed by atoms with Crippen LogP contribution in [0.15, 0.2) is 10.7 Å². The van der Waals surface area contributed by atoms with E-state index in [1.807, 2.05) is 0 Å². The minimum Gasteiger partial charge on any atom is -0.450 e. The number of nitrogens with one attached hydrogen (secondary N) is 1. The summed E-state index contributed by atoms with van der Waals surface area (Å²) in [6.07, 6.45) is 2.99. The first-order valence-corrected chi connectivity index (χ1v) is 6.48. The van der Waals surface area contributed by atoms with Gasteiger partial charge < -0.3 is 14.5 Å². The van der Waals surface area contributed by atoms with Crippen LogP contribution >= 0.6 is 0 Å². The number of oxazole rings is 1. The molecule has 0 saturated carbocycles. The van der Waals surface area contributed by atoms with Crippen LogP contribution in [0.2, 0.25) is 0 Å². The molecule has 0 amide bonds. The van der Waals surface area contributed by atoms with Gasteiger partial charge in [-0.1, -0.05) is 20.8 Å². The summed E-state index contributed by atoms with van der Waals surface area (Å²) in [7, 11) is 0. The Morgan fingerprint density at radius 3 is 2.44 bits per heavy atom. The Hall–Kier alpha value is -1.03. The van der Waals surface area contributed by atoms with E-state index in [1.54, 1.807) is 6.26 Å². The van der Waals surface area contributed by atoms with E-state index < -0.39 is 0 Å². The zero-order valence-corrected chi connectivity index (χ0v) is 12.5. The van der Waals surface area contributed by atoms with Crippen molar-refractivity contribution in [3.8, 4) is 6.08 Å². The fourth-order valence-electron chi connectivity index (χ4n) is 1.24. The van der Waals surface area contributed by atoms with Crippen LogP contribution < -0.4 is 10.1 Å². The van der Waals surface area contributed by atoms with Crippen molar-refractivity contribution in [2.24, 2.45) is 5.41 Å². The largest absolute Gasteiger partial charge is 0.450 e. The number of hydrogen-bond acceptors (Lipinski definition) is 4. The Morgan fingerprint density at radius 1 is 1.22 bits per heavy atom. The summed E-state index contributed by atoms with van der Waals surface area (Å²) in [5, 5.41) is 3.35. The molecule has 1 aromatic heterocycles. The smallest absolute Gasteiger partial charge is 0.393 e. The molecule has 0 fully saturated rings. The average Bonchev–Trinajstić information content (AvgIpc) is 2.60. The van der Waals surface area contributed by atoms with E-state index in [4.69, 9.17) is 9.15 Å². The molecule has 1 aromatic rings.